The summed E-state index contributed by atoms with van der Waals surface area (Å²) >= 11 is 0. The number of sulfonamides is 1. The number of benzene rings is 2. The highest BCUT2D eigenvalue weighted by Crippen LogP contribution is 2.28. The zero-order chi connectivity index (χ0) is 23.3. The van der Waals surface area contributed by atoms with Gasteiger partial charge in [-0.05, 0) is 69.4 Å². The first kappa shape index (κ1) is 23.8. The third-order valence-electron chi connectivity index (χ3n) is 5.85. The maximum atomic E-state index is 13.3. The molecule has 0 saturated carbocycles. The molecule has 32 heavy (non-hydrogen) atoms. The van der Waals surface area contributed by atoms with Crippen molar-refractivity contribution in [1.29, 1.82) is 0 Å². The molecule has 2 aromatic rings. The number of likely N-dealkylation sites (tertiary alicyclic amines) is 1. The Morgan fingerprint density at radius 2 is 1.62 bits per heavy atom. The van der Waals surface area contributed by atoms with Gasteiger partial charge in [0.15, 0.2) is 0 Å². The molecule has 2 amide bonds. The molecule has 1 fully saturated rings. The van der Waals surface area contributed by atoms with Gasteiger partial charge in [-0.1, -0.05) is 24.3 Å². The Hall–Kier alpha value is -2.87. The van der Waals surface area contributed by atoms with Crippen LogP contribution < -0.4 is 10.0 Å². The predicted molar refractivity (Wildman–Crippen MR) is 125 cm³/mol. The van der Waals surface area contributed by atoms with Gasteiger partial charge in [-0.15, -0.1) is 0 Å². The van der Waals surface area contributed by atoms with Gasteiger partial charge in [-0.25, -0.2) is 8.42 Å². The molecule has 0 radical (unpaired) electrons. The normalized spacial score (nSPS) is 18.8. The van der Waals surface area contributed by atoms with Crippen LogP contribution >= 0.6 is 0 Å². The molecule has 0 bridgehead atoms. The number of piperidine rings is 1. The molecule has 2 N–H and O–H groups in total. The van der Waals surface area contributed by atoms with E-state index in [4.69, 9.17) is 0 Å². The number of carbonyl (C=O) groups is 2. The van der Waals surface area contributed by atoms with E-state index in [-0.39, 0.29) is 34.5 Å². The molecule has 8 heteroatoms. The fraction of sp³-hybridized carbons (Fsp3) is 0.417. The monoisotopic (exact) mass is 457 g/mol. The molecule has 172 valence electrons. The SMILES string of the molecule is CC(=O)NCCc1ccc(S(=O)(=O)Nc2ccccc2C(=O)N2[C@@H](C)CCC[C@@H]2C)cc1. The molecule has 2 atom stereocenters. The molecule has 1 heterocycles. The lowest BCUT2D eigenvalue weighted by Crippen LogP contribution is -2.47. The lowest BCUT2D eigenvalue weighted by Gasteiger charge is -2.39. The number of hydrogen-bond acceptors (Lipinski definition) is 4. The number of hydrogen-bond donors (Lipinski definition) is 2. The van der Waals surface area contributed by atoms with Crippen molar-refractivity contribution in [2.45, 2.75) is 63.4 Å². The average Bonchev–Trinajstić information content (AvgIpc) is 2.74. The quantitative estimate of drug-likeness (QED) is 0.664. The van der Waals surface area contributed by atoms with E-state index >= 15 is 0 Å². The van der Waals surface area contributed by atoms with Gasteiger partial charge in [0.05, 0.1) is 16.1 Å². The van der Waals surface area contributed by atoms with Gasteiger partial charge in [0, 0.05) is 25.6 Å². The first-order valence-electron chi connectivity index (χ1n) is 11.0. The molecule has 3 rings (SSSR count). The highest BCUT2D eigenvalue weighted by Gasteiger charge is 2.31. The molecule has 0 spiro atoms. The molecular weight excluding hydrogens is 426 g/mol. The van der Waals surface area contributed by atoms with E-state index in [2.05, 4.69) is 10.0 Å². The Labute approximate surface area is 190 Å². The first-order chi connectivity index (χ1) is 15.2. The molecule has 0 aliphatic carbocycles. The number of amides is 2. The van der Waals surface area contributed by atoms with Crippen LogP contribution in [-0.4, -0.2) is 43.8 Å². The van der Waals surface area contributed by atoms with Crippen LogP contribution in [0.15, 0.2) is 53.4 Å². The Balaban J connectivity index is 1.78. The molecule has 2 aromatic carbocycles. The second-order valence-corrected chi connectivity index (χ2v) is 10.1. The number of para-hydroxylation sites is 1. The molecular formula is C24H31N3O4S. The van der Waals surface area contributed by atoms with Crippen LogP contribution in [0.2, 0.25) is 0 Å². The third-order valence-corrected chi connectivity index (χ3v) is 7.23. The zero-order valence-electron chi connectivity index (χ0n) is 18.8. The van der Waals surface area contributed by atoms with Crippen LogP contribution in [0.25, 0.3) is 0 Å². The van der Waals surface area contributed by atoms with Crippen molar-refractivity contribution in [2.24, 2.45) is 0 Å². The van der Waals surface area contributed by atoms with Gasteiger partial charge in [0.1, 0.15) is 0 Å². The summed E-state index contributed by atoms with van der Waals surface area (Å²) < 4.78 is 28.6. The van der Waals surface area contributed by atoms with Gasteiger partial charge in [-0.3, -0.25) is 14.3 Å². The number of nitrogens with one attached hydrogen (secondary N) is 2. The van der Waals surface area contributed by atoms with E-state index in [1.807, 2.05) is 18.7 Å². The lowest BCUT2D eigenvalue weighted by atomic mass is 9.96. The van der Waals surface area contributed by atoms with Crippen LogP contribution in [-0.2, 0) is 21.2 Å². The van der Waals surface area contributed by atoms with E-state index in [0.29, 0.717) is 18.5 Å². The molecule has 0 unspecified atom stereocenters. The number of rotatable bonds is 7. The highest BCUT2D eigenvalue weighted by molar-refractivity contribution is 7.92. The molecule has 0 aromatic heterocycles. The van der Waals surface area contributed by atoms with Crippen molar-refractivity contribution in [1.82, 2.24) is 10.2 Å². The second kappa shape index (κ2) is 10.2. The van der Waals surface area contributed by atoms with Crippen molar-refractivity contribution in [3.05, 3.63) is 59.7 Å². The molecule has 7 nitrogen and oxygen atoms in total. The summed E-state index contributed by atoms with van der Waals surface area (Å²) in [4.78, 5) is 26.3. The Morgan fingerprint density at radius 3 is 2.25 bits per heavy atom. The summed E-state index contributed by atoms with van der Waals surface area (Å²) in [5.74, 6) is -0.258. The summed E-state index contributed by atoms with van der Waals surface area (Å²) in [5.41, 5.74) is 1.54. The Kier molecular flexibility index (Phi) is 7.56. The average molecular weight is 458 g/mol. The fourth-order valence-corrected chi connectivity index (χ4v) is 5.22. The van der Waals surface area contributed by atoms with Crippen molar-refractivity contribution in [3.63, 3.8) is 0 Å². The predicted octanol–water partition coefficient (Wildman–Crippen LogP) is 3.57. The Bertz CT molecular complexity index is 1060. The number of anilines is 1. The molecule has 1 aliphatic rings. The summed E-state index contributed by atoms with van der Waals surface area (Å²) in [6, 6.07) is 13.5. The minimum atomic E-state index is -3.87. The molecule has 1 saturated heterocycles. The van der Waals surface area contributed by atoms with Crippen LogP contribution in [0.4, 0.5) is 5.69 Å². The van der Waals surface area contributed by atoms with Crippen LogP contribution in [0.3, 0.4) is 0 Å². The maximum absolute atomic E-state index is 13.3. The smallest absolute Gasteiger partial charge is 0.261 e. The van der Waals surface area contributed by atoms with Crippen LogP contribution in [0.5, 0.6) is 0 Å². The van der Waals surface area contributed by atoms with Crippen molar-refractivity contribution >= 4 is 27.5 Å². The third kappa shape index (κ3) is 5.68. The minimum Gasteiger partial charge on any atom is -0.356 e. The number of nitrogens with zero attached hydrogens (tertiary/aromatic N) is 1. The van der Waals surface area contributed by atoms with Gasteiger partial charge in [0.2, 0.25) is 5.91 Å². The van der Waals surface area contributed by atoms with Gasteiger partial charge in [-0.2, -0.15) is 0 Å². The van der Waals surface area contributed by atoms with Gasteiger partial charge >= 0.3 is 0 Å². The summed E-state index contributed by atoms with van der Waals surface area (Å²) in [6.07, 6.45) is 3.58. The van der Waals surface area contributed by atoms with E-state index in [1.165, 1.54) is 19.1 Å². The van der Waals surface area contributed by atoms with E-state index in [1.54, 1.807) is 36.4 Å². The van der Waals surface area contributed by atoms with Crippen LogP contribution in [0, 0.1) is 0 Å². The van der Waals surface area contributed by atoms with E-state index in [0.717, 1.165) is 24.8 Å². The maximum Gasteiger partial charge on any atom is 0.261 e. The van der Waals surface area contributed by atoms with Crippen molar-refractivity contribution < 1.29 is 18.0 Å². The summed E-state index contributed by atoms with van der Waals surface area (Å²) in [7, 11) is -3.87. The highest BCUT2D eigenvalue weighted by atomic mass is 32.2. The van der Waals surface area contributed by atoms with Crippen molar-refractivity contribution in [2.75, 3.05) is 11.3 Å². The second-order valence-electron chi connectivity index (χ2n) is 8.37. The standard InChI is InChI=1S/C24H31N3O4S/c1-17-7-6-8-18(2)27(17)24(29)22-9-4-5-10-23(22)26-32(30,31)21-13-11-20(12-14-21)15-16-25-19(3)28/h4-5,9-14,17-18,26H,6-8,15-16H2,1-3H3,(H,25,28)/t17-,18-/m0/s1. The minimum absolute atomic E-state index is 0.102. The van der Waals surface area contributed by atoms with Gasteiger partial charge in [0.25, 0.3) is 15.9 Å². The topological polar surface area (TPSA) is 95.6 Å². The van der Waals surface area contributed by atoms with E-state index in [9.17, 15) is 18.0 Å². The zero-order valence-corrected chi connectivity index (χ0v) is 19.6. The Morgan fingerprint density at radius 1 is 1.00 bits per heavy atom. The lowest BCUT2D eigenvalue weighted by molar-refractivity contribution is -0.118. The largest absolute Gasteiger partial charge is 0.356 e. The summed E-state index contributed by atoms with van der Waals surface area (Å²) in [6.45, 7) is 6.01. The fourth-order valence-electron chi connectivity index (χ4n) is 4.14. The van der Waals surface area contributed by atoms with Gasteiger partial charge < -0.3 is 10.2 Å². The van der Waals surface area contributed by atoms with Crippen LogP contribution in [0.1, 0.15) is 56.0 Å². The first-order valence-corrected chi connectivity index (χ1v) is 12.5. The summed E-state index contributed by atoms with van der Waals surface area (Å²) in [5, 5.41) is 2.72. The van der Waals surface area contributed by atoms with Crippen molar-refractivity contribution in [3.8, 4) is 0 Å². The molecule has 1 aliphatic heterocycles. The number of carbonyl (C=O) groups excluding carboxylic acids is 2. The van der Waals surface area contributed by atoms with E-state index < -0.39 is 10.0 Å².